The second-order valence-corrected chi connectivity index (χ2v) is 6.93. The van der Waals surface area contributed by atoms with Crippen LogP contribution in [0.2, 0.25) is 5.02 Å². The molecule has 1 aromatic carbocycles. The van der Waals surface area contributed by atoms with E-state index in [1.165, 1.54) is 0 Å². The van der Waals surface area contributed by atoms with Gasteiger partial charge in [0, 0.05) is 37.6 Å². The molecule has 0 bridgehead atoms. The Bertz CT molecular complexity index is 687. The van der Waals surface area contributed by atoms with E-state index in [1.807, 2.05) is 43.4 Å². The van der Waals surface area contributed by atoms with Crippen molar-refractivity contribution in [2.24, 2.45) is 4.99 Å². The molecule has 0 radical (unpaired) electrons. The highest BCUT2D eigenvalue weighted by Gasteiger charge is 2.09. The first-order valence-corrected chi connectivity index (χ1v) is 9.32. The Morgan fingerprint density at radius 2 is 2.04 bits per heavy atom. The first-order valence-electron chi connectivity index (χ1n) is 8.07. The number of guanidine groups is 1. The van der Waals surface area contributed by atoms with Crippen LogP contribution in [0.15, 0.2) is 34.6 Å². The molecule has 1 aromatic heterocycles. The van der Waals surface area contributed by atoms with Gasteiger partial charge in [-0.3, -0.25) is 0 Å². The average Bonchev–Trinajstić information content (AvgIpc) is 3.07. The van der Waals surface area contributed by atoms with Crippen LogP contribution in [0.25, 0.3) is 0 Å². The number of aliphatic imine (C=N–C) groups is 1. The quantitative estimate of drug-likeness (QED) is 0.508. The Balaban J connectivity index is 1.93. The van der Waals surface area contributed by atoms with E-state index in [2.05, 4.69) is 20.6 Å². The monoisotopic (exact) mass is 381 g/mol. The van der Waals surface area contributed by atoms with Crippen molar-refractivity contribution in [3.05, 3.63) is 45.9 Å². The van der Waals surface area contributed by atoms with Crippen molar-refractivity contribution in [1.82, 2.24) is 15.6 Å². The van der Waals surface area contributed by atoms with Gasteiger partial charge in [-0.25, -0.2) is 9.98 Å². The first-order chi connectivity index (χ1) is 12.0. The molecular formula is C17H24ClN5OS. The Labute approximate surface area is 157 Å². The number of hydrogen-bond acceptors (Lipinski definition) is 5. The minimum absolute atomic E-state index is 0.355. The molecule has 2 rings (SSSR count). The molecule has 0 saturated heterocycles. The predicted molar refractivity (Wildman–Crippen MR) is 106 cm³/mol. The molecule has 0 spiro atoms. The smallest absolute Gasteiger partial charge is 0.191 e. The third-order valence-electron chi connectivity index (χ3n) is 3.38. The van der Waals surface area contributed by atoms with Gasteiger partial charge in [-0.2, -0.15) is 0 Å². The number of rotatable bonds is 7. The molecule has 1 heterocycles. The fourth-order valence-corrected chi connectivity index (χ4v) is 2.95. The van der Waals surface area contributed by atoms with E-state index in [4.69, 9.17) is 11.6 Å². The topological polar surface area (TPSA) is 72.8 Å². The van der Waals surface area contributed by atoms with E-state index in [9.17, 15) is 5.11 Å². The van der Waals surface area contributed by atoms with Crippen LogP contribution in [-0.2, 0) is 6.54 Å². The van der Waals surface area contributed by atoms with Crippen molar-refractivity contribution < 1.29 is 5.11 Å². The van der Waals surface area contributed by atoms with Crippen LogP contribution in [0.4, 0.5) is 5.13 Å². The lowest BCUT2D eigenvalue weighted by molar-refractivity contribution is 0.181. The highest BCUT2D eigenvalue weighted by molar-refractivity contribution is 7.13. The first kappa shape index (κ1) is 19.5. The number of aliphatic hydroxyl groups is 1. The molecule has 0 aliphatic heterocycles. The molecule has 0 amide bonds. The van der Waals surface area contributed by atoms with Crippen LogP contribution in [-0.4, -0.2) is 43.2 Å². The molecule has 0 saturated carbocycles. The second-order valence-electron chi connectivity index (χ2n) is 5.66. The summed E-state index contributed by atoms with van der Waals surface area (Å²) in [6.45, 7) is 3.58. The summed E-state index contributed by atoms with van der Waals surface area (Å²) in [5, 5.41) is 20.2. The summed E-state index contributed by atoms with van der Waals surface area (Å²) < 4.78 is 0. The van der Waals surface area contributed by atoms with Gasteiger partial charge < -0.3 is 20.6 Å². The zero-order valence-electron chi connectivity index (χ0n) is 14.7. The Kier molecular flexibility index (Phi) is 7.49. The van der Waals surface area contributed by atoms with Crippen LogP contribution < -0.4 is 15.5 Å². The summed E-state index contributed by atoms with van der Waals surface area (Å²) in [6, 6.07) is 7.17. The minimum Gasteiger partial charge on any atom is -0.387 e. The van der Waals surface area contributed by atoms with Crippen molar-refractivity contribution in [2.75, 3.05) is 32.1 Å². The number of thiazole rings is 1. The lowest BCUT2D eigenvalue weighted by atomic mass is 10.1. The number of nitrogens with one attached hydrogen (secondary N) is 2. The van der Waals surface area contributed by atoms with Crippen molar-refractivity contribution in [3.8, 4) is 0 Å². The van der Waals surface area contributed by atoms with E-state index in [1.54, 1.807) is 23.5 Å². The van der Waals surface area contributed by atoms with E-state index in [0.717, 1.165) is 22.9 Å². The molecule has 8 heteroatoms. The minimum atomic E-state index is -0.638. The maximum atomic E-state index is 10.3. The number of nitrogens with zero attached hydrogens (tertiary/aromatic N) is 3. The number of hydrogen-bond donors (Lipinski definition) is 3. The van der Waals surface area contributed by atoms with Crippen molar-refractivity contribution in [3.63, 3.8) is 0 Å². The van der Waals surface area contributed by atoms with Crippen LogP contribution >= 0.6 is 22.9 Å². The number of aromatic nitrogens is 1. The third-order valence-corrected chi connectivity index (χ3v) is 4.69. The number of aliphatic hydroxyl groups excluding tert-OH is 1. The van der Waals surface area contributed by atoms with Gasteiger partial charge in [-0.05, 0) is 24.6 Å². The van der Waals surface area contributed by atoms with Gasteiger partial charge >= 0.3 is 0 Å². The molecule has 0 aliphatic carbocycles. The van der Waals surface area contributed by atoms with Gasteiger partial charge in [0.2, 0.25) is 0 Å². The molecule has 3 N–H and O–H groups in total. The lowest BCUT2D eigenvalue weighted by Gasteiger charge is -2.15. The third kappa shape index (κ3) is 6.19. The predicted octanol–water partition coefficient (Wildman–Crippen LogP) is 2.65. The molecule has 136 valence electrons. The van der Waals surface area contributed by atoms with E-state index >= 15 is 0 Å². The summed E-state index contributed by atoms with van der Waals surface area (Å²) >= 11 is 7.46. The van der Waals surface area contributed by atoms with Crippen LogP contribution in [0.1, 0.15) is 24.3 Å². The van der Waals surface area contributed by atoms with Crippen molar-refractivity contribution >= 4 is 34.0 Å². The summed E-state index contributed by atoms with van der Waals surface area (Å²) in [7, 11) is 3.94. The molecule has 0 fully saturated rings. The average molecular weight is 382 g/mol. The van der Waals surface area contributed by atoms with E-state index in [0.29, 0.717) is 24.1 Å². The van der Waals surface area contributed by atoms with Gasteiger partial charge in [0.05, 0.1) is 18.3 Å². The maximum Gasteiger partial charge on any atom is 0.191 e. The zero-order valence-corrected chi connectivity index (χ0v) is 16.2. The molecule has 25 heavy (non-hydrogen) atoms. The van der Waals surface area contributed by atoms with Crippen molar-refractivity contribution in [2.45, 2.75) is 19.6 Å². The molecule has 0 aliphatic rings. The molecule has 1 atom stereocenters. The summed E-state index contributed by atoms with van der Waals surface area (Å²) in [4.78, 5) is 11.0. The Morgan fingerprint density at radius 3 is 2.64 bits per heavy atom. The zero-order chi connectivity index (χ0) is 18.2. The SMILES string of the molecule is CCNC(=NCc1csc(N(C)C)n1)NCC(O)c1ccc(Cl)cc1. The van der Waals surface area contributed by atoms with Gasteiger partial charge in [-0.1, -0.05) is 23.7 Å². The molecule has 2 aromatic rings. The maximum absolute atomic E-state index is 10.3. The van der Waals surface area contributed by atoms with E-state index in [-0.39, 0.29) is 0 Å². The molecule has 1 unspecified atom stereocenters. The Morgan fingerprint density at radius 1 is 1.32 bits per heavy atom. The summed E-state index contributed by atoms with van der Waals surface area (Å²) in [5.41, 5.74) is 1.73. The van der Waals surface area contributed by atoms with Crippen LogP contribution in [0, 0.1) is 0 Å². The highest BCUT2D eigenvalue weighted by Crippen LogP contribution is 2.18. The fourth-order valence-electron chi connectivity index (χ4n) is 2.07. The number of halogens is 1. The second kappa shape index (κ2) is 9.60. The van der Waals surface area contributed by atoms with Crippen molar-refractivity contribution in [1.29, 1.82) is 0 Å². The van der Waals surface area contributed by atoms with E-state index < -0.39 is 6.10 Å². The largest absolute Gasteiger partial charge is 0.387 e. The normalized spacial score (nSPS) is 12.8. The highest BCUT2D eigenvalue weighted by atomic mass is 35.5. The fraction of sp³-hybridized carbons (Fsp3) is 0.412. The number of anilines is 1. The molecular weight excluding hydrogens is 358 g/mol. The van der Waals surface area contributed by atoms with Crippen LogP contribution in [0.5, 0.6) is 0 Å². The van der Waals surface area contributed by atoms with Gasteiger partial charge in [0.1, 0.15) is 0 Å². The number of benzene rings is 1. The van der Waals surface area contributed by atoms with Gasteiger partial charge in [0.15, 0.2) is 11.1 Å². The summed E-state index contributed by atoms with van der Waals surface area (Å²) in [6.07, 6.45) is -0.638. The van der Waals surface area contributed by atoms with Crippen LogP contribution in [0.3, 0.4) is 0 Å². The van der Waals surface area contributed by atoms with Gasteiger partial charge in [0.25, 0.3) is 0 Å². The summed E-state index contributed by atoms with van der Waals surface area (Å²) in [5.74, 6) is 0.648. The molecule has 6 nitrogen and oxygen atoms in total. The van der Waals surface area contributed by atoms with Gasteiger partial charge in [-0.15, -0.1) is 11.3 Å². The Hall–Kier alpha value is -1.83. The standard InChI is InChI=1S/C17H24ClN5OS/c1-4-19-16(20-9-14-11-25-17(22-14)23(2)3)21-10-15(24)12-5-7-13(18)8-6-12/h5-8,11,15,24H,4,9-10H2,1-3H3,(H2,19,20,21). The lowest BCUT2D eigenvalue weighted by Crippen LogP contribution is -2.39.